The molecule has 0 aliphatic carbocycles. The first-order valence-corrected chi connectivity index (χ1v) is 6.85. The van der Waals surface area contributed by atoms with Crippen LogP contribution in [0.1, 0.15) is 45.4 Å². The number of unbranched alkanes of at least 4 members (excludes halogenated alkanes) is 4. The molecule has 0 saturated carbocycles. The first-order chi connectivity index (χ1) is 6.81. The molecule has 0 heterocycles. The van der Waals surface area contributed by atoms with Crippen LogP contribution >= 0.6 is 11.8 Å². The molecule has 0 fully saturated rings. The van der Waals surface area contributed by atoms with Gasteiger partial charge >= 0.3 is 5.97 Å². The second-order valence-corrected chi connectivity index (χ2v) is 4.36. The van der Waals surface area contributed by atoms with E-state index in [1.807, 2.05) is 6.26 Å². The summed E-state index contributed by atoms with van der Waals surface area (Å²) < 4.78 is 5.03. The van der Waals surface area contributed by atoms with E-state index in [2.05, 4.69) is 6.92 Å². The molecule has 84 valence electrons. The van der Waals surface area contributed by atoms with Crippen molar-refractivity contribution in [1.29, 1.82) is 0 Å². The normalized spacial score (nSPS) is 10.1. The van der Waals surface area contributed by atoms with Crippen molar-refractivity contribution in [2.24, 2.45) is 0 Å². The molecule has 0 N–H and O–H groups in total. The van der Waals surface area contributed by atoms with E-state index in [0.29, 0.717) is 13.0 Å². The van der Waals surface area contributed by atoms with Gasteiger partial charge in [0.15, 0.2) is 0 Å². The van der Waals surface area contributed by atoms with Crippen molar-refractivity contribution in [3.05, 3.63) is 0 Å². The Kier molecular flexibility index (Phi) is 10.8. The molecule has 14 heavy (non-hydrogen) atoms. The van der Waals surface area contributed by atoms with Gasteiger partial charge in [0, 0.05) is 12.2 Å². The van der Waals surface area contributed by atoms with Crippen molar-refractivity contribution in [1.82, 2.24) is 0 Å². The zero-order valence-electron chi connectivity index (χ0n) is 9.38. The summed E-state index contributed by atoms with van der Waals surface area (Å²) in [7, 11) is 0. The molecule has 0 unspecified atom stereocenters. The van der Waals surface area contributed by atoms with Gasteiger partial charge in [-0.25, -0.2) is 0 Å². The number of hydrogen-bond acceptors (Lipinski definition) is 3. The van der Waals surface area contributed by atoms with E-state index >= 15 is 0 Å². The number of thioether (sulfide) groups is 1. The number of hydrogen-bond donors (Lipinski definition) is 0. The summed E-state index contributed by atoms with van der Waals surface area (Å²) in [6.07, 6.45) is 8.52. The first kappa shape index (κ1) is 13.8. The lowest BCUT2D eigenvalue weighted by Gasteiger charge is -2.03. The molecule has 0 aliphatic heterocycles. The molecule has 0 aromatic rings. The largest absolute Gasteiger partial charge is 0.465 e. The molecule has 0 rings (SSSR count). The molecule has 0 atom stereocenters. The molecule has 0 bridgehead atoms. The van der Waals surface area contributed by atoms with Crippen LogP contribution in [0, 0.1) is 0 Å². The predicted octanol–water partition coefficient (Wildman–Crippen LogP) is 3.25. The topological polar surface area (TPSA) is 26.3 Å². The van der Waals surface area contributed by atoms with Gasteiger partial charge < -0.3 is 4.74 Å². The fourth-order valence-corrected chi connectivity index (χ4v) is 1.43. The van der Waals surface area contributed by atoms with Crippen LogP contribution in [0.4, 0.5) is 0 Å². The predicted molar refractivity (Wildman–Crippen MR) is 62.7 cm³/mol. The van der Waals surface area contributed by atoms with Gasteiger partial charge in [-0.3, -0.25) is 4.79 Å². The maximum atomic E-state index is 11.1. The van der Waals surface area contributed by atoms with Crippen molar-refractivity contribution in [2.45, 2.75) is 45.4 Å². The molecule has 0 aromatic heterocycles. The van der Waals surface area contributed by atoms with Crippen LogP contribution in [0.25, 0.3) is 0 Å². The van der Waals surface area contributed by atoms with Gasteiger partial charge in [-0.1, -0.05) is 32.6 Å². The molecule has 0 aromatic carbocycles. The van der Waals surface area contributed by atoms with E-state index in [0.717, 1.165) is 18.6 Å². The van der Waals surface area contributed by atoms with Gasteiger partial charge in [0.2, 0.25) is 0 Å². The Hall–Kier alpha value is -0.180. The third kappa shape index (κ3) is 9.90. The summed E-state index contributed by atoms with van der Waals surface area (Å²) in [5.74, 6) is 0.872. The highest BCUT2D eigenvalue weighted by atomic mass is 32.2. The smallest absolute Gasteiger partial charge is 0.305 e. The second kappa shape index (κ2) is 10.9. The van der Waals surface area contributed by atoms with Gasteiger partial charge in [0.25, 0.3) is 0 Å². The summed E-state index contributed by atoms with van der Waals surface area (Å²) in [6.45, 7) is 2.76. The SMILES string of the molecule is CCCCCCCC(=O)OCCSC. The van der Waals surface area contributed by atoms with Crippen LogP contribution in [-0.2, 0) is 9.53 Å². The standard InChI is InChI=1S/C11H22O2S/c1-3-4-5-6-7-8-11(12)13-9-10-14-2/h3-10H2,1-2H3. The Balaban J connectivity index is 3.10. The molecule has 0 aliphatic rings. The summed E-state index contributed by atoms with van der Waals surface area (Å²) in [5.41, 5.74) is 0. The third-order valence-corrected chi connectivity index (χ3v) is 2.61. The minimum Gasteiger partial charge on any atom is -0.465 e. The van der Waals surface area contributed by atoms with E-state index in [1.165, 1.54) is 19.3 Å². The molecule has 0 spiro atoms. The quantitative estimate of drug-likeness (QED) is 0.439. The Morgan fingerprint density at radius 3 is 2.57 bits per heavy atom. The fraction of sp³-hybridized carbons (Fsp3) is 0.909. The van der Waals surface area contributed by atoms with Crippen molar-refractivity contribution in [2.75, 3.05) is 18.6 Å². The highest BCUT2D eigenvalue weighted by Gasteiger charge is 2.01. The van der Waals surface area contributed by atoms with Crippen LogP contribution in [-0.4, -0.2) is 24.6 Å². The first-order valence-electron chi connectivity index (χ1n) is 5.45. The number of ether oxygens (including phenoxy) is 1. The van der Waals surface area contributed by atoms with Crippen LogP contribution in [0.2, 0.25) is 0 Å². The number of carbonyl (C=O) groups is 1. The second-order valence-electron chi connectivity index (χ2n) is 3.38. The molecular weight excluding hydrogens is 196 g/mol. The Morgan fingerprint density at radius 2 is 1.93 bits per heavy atom. The van der Waals surface area contributed by atoms with Gasteiger partial charge in [0.1, 0.15) is 6.61 Å². The number of carbonyl (C=O) groups excluding carboxylic acids is 1. The molecule has 2 nitrogen and oxygen atoms in total. The van der Waals surface area contributed by atoms with E-state index in [4.69, 9.17) is 4.74 Å². The van der Waals surface area contributed by atoms with Crippen LogP contribution in [0.15, 0.2) is 0 Å². The summed E-state index contributed by atoms with van der Waals surface area (Å²) in [5, 5.41) is 0. The lowest BCUT2D eigenvalue weighted by molar-refractivity contribution is -0.143. The monoisotopic (exact) mass is 218 g/mol. The van der Waals surface area contributed by atoms with E-state index in [9.17, 15) is 4.79 Å². The Bertz CT molecular complexity index is 137. The fourth-order valence-electron chi connectivity index (χ4n) is 1.18. The van der Waals surface area contributed by atoms with Crippen molar-refractivity contribution in [3.8, 4) is 0 Å². The summed E-state index contributed by atoms with van der Waals surface area (Å²) >= 11 is 1.70. The molecule has 0 amide bonds. The lowest BCUT2D eigenvalue weighted by atomic mass is 10.1. The van der Waals surface area contributed by atoms with Crippen molar-refractivity contribution < 1.29 is 9.53 Å². The maximum absolute atomic E-state index is 11.1. The van der Waals surface area contributed by atoms with Gasteiger partial charge in [-0.15, -0.1) is 0 Å². The highest BCUT2D eigenvalue weighted by molar-refractivity contribution is 7.98. The lowest BCUT2D eigenvalue weighted by Crippen LogP contribution is -2.06. The van der Waals surface area contributed by atoms with E-state index in [-0.39, 0.29) is 5.97 Å². The summed E-state index contributed by atoms with van der Waals surface area (Å²) in [4.78, 5) is 11.1. The van der Waals surface area contributed by atoms with Gasteiger partial charge in [-0.2, -0.15) is 11.8 Å². The van der Waals surface area contributed by atoms with Crippen molar-refractivity contribution >= 4 is 17.7 Å². The van der Waals surface area contributed by atoms with Crippen LogP contribution in [0.5, 0.6) is 0 Å². The zero-order valence-corrected chi connectivity index (χ0v) is 10.2. The molecule has 3 heteroatoms. The average molecular weight is 218 g/mol. The number of rotatable bonds is 9. The number of esters is 1. The molecule has 0 radical (unpaired) electrons. The third-order valence-electron chi connectivity index (χ3n) is 2.03. The Morgan fingerprint density at radius 1 is 1.21 bits per heavy atom. The minimum absolute atomic E-state index is 0.0319. The Labute approximate surface area is 91.8 Å². The van der Waals surface area contributed by atoms with Crippen LogP contribution < -0.4 is 0 Å². The highest BCUT2D eigenvalue weighted by Crippen LogP contribution is 2.05. The average Bonchev–Trinajstić information content (AvgIpc) is 2.18. The van der Waals surface area contributed by atoms with Crippen LogP contribution in [0.3, 0.4) is 0 Å². The van der Waals surface area contributed by atoms with Crippen molar-refractivity contribution in [3.63, 3.8) is 0 Å². The van der Waals surface area contributed by atoms with E-state index in [1.54, 1.807) is 11.8 Å². The summed E-state index contributed by atoms with van der Waals surface area (Å²) in [6, 6.07) is 0. The van der Waals surface area contributed by atoms with Gasteiger partial charge in [-0.05, 0) is 12.7 Å². The molecule has 0 saturated heterocycles. The minimum atomic E-state index is -0.0319. The maximum Gasteiger partial charge on any atom is 0.305 e. The zero-order chi connectivity index (χ0) is 10.6. The van der Waals surface area contributed by atoms with Gasteiger partial charge in [0.05, 0.1) is 0 Å². The van der Waals surface area contributed by atoms with E-state index < -0.39 is 0 Å². The molecular formula is C11H22O2S.